The number of pyridine rings is 1. The van der Waals surface area contributed by atoms with Gasteiger partial charge in [0.15, 0.2) is 29.1 Å². The van der Waals surface area contributed by atoms with Crippen LogP contribution < -0.4 is 10.6 Å². The highest BCUT2D eigenvalue weighted by Gasteiger charge is 2.20. The number of carbonyl (C=O) groups excluding carboxylic acids is 2. The van der Waals surface area contributed by atoms with Gasteiger partial charge < -0.3 is 10.6 Å². The minimum Gasteiger partial charge on any atom is -0.308 e. The lowest BCUT2D eigenvalue weighted by molar-refractivity contribution is 0.103. The van der Waals surface area contributed by atoms with E-state index in [0.29, 0.717) is 17.0 Å². The largest absolute Gasteiger partial charge is 0.323 e. The van der Waals surface area contributed by atoms with Gasteiger partial charge in [0.1, 0.15) is 0 Å². The highest BCUT2D eigenvalue weighted by atomic mass is 19.2. The van der Waals surface area contributed by atoms with E-state index >= 15 is 0 Å². The van der Waals surface area contributed by atoms with E-state index in [1.165, 1.54) is 12.1 Å². The molecular weight excluding hydrogens is 426 g/mol. The molecule has 32 heavy (non-hydrogen) atoms. The first kappa shape index (κ1) is 21.0. The lowest BCUT2D eigenvalue weighted by atomic mass is 10.0. The number of rotatable bonds is 4. The average molecular weight is 439 g/mol. The summed E-state index contributed by atoms with van der Waals surface area (Å²) in [5.41, 5.74) is -0.136. The first-order valence-corrected chi connectivity index (χ1v) is 9.23. The van der Waals surface area contributed by atoms with Crippen molar-refractivity contribution in [3.8, 4) is 0 Å². The first-order chi connectivity index (χ1) is 15.3. The number of hydrogen-bond acceptors (Lipinski definition) is 3. The number of urea groups is 1. The molecular formula is C23H13F4N3O2. The van der Waals surface area contributed by atoms with Gasteiger partial charge >= 0.3 is 6.03 Å². The molecule has 0 spiro atoms. The second-order valence-electron chi connectivity index (χ2n) is 6.77. The van der Waals surface area contributed by atoms with Gasteiger partial charge in [0.2, 0.25) is 0 Å². The smallest absolute Gasteiger partial charge is 0.308 e. The third kappa shape index (κ3) is 4.27. The lowest BCUT2D eigenvalue weighted by Gasteiger charge is -2.11. The molecule has 0 aliphatic rings. The van der Waals surface area contributed by atoms with Crippen molar-refractivity contribution >= 4 is 34.1 Å². The number of fused-ring (bicyclic) bond motifs is 1. The summed E-state index contributed by atoms with van der Waals surface area (Å²) in [6.45, 7) is 0. The molecule has 0 saturated carbocycles. The van der Waals surface area contributed by atoms with Gasteiger partial charge in [-0.3, -0.25) is 9.78 Å². The molecule has 0 saturated heterocycles. The number of halogens is 4. The average Bonchev–Trinajstić information content (AvgIpc) is 2.77. The minimum atomic E-state index is -1.37. The van der Waals surface area contributed by atoms with Gasteiger partial charge in [-0.2, -0.15) is 0 Å². The van der Waals surface area contributed by atoms with E-state index in [0.717, 1.165) is 24.3 Å². The van der Waals surface area contributed by atoms with Crippen LogP contribution in [0.3, 0.4) is 0 Å². The fourth-order valence-electron chi connectivity index (χ4n) is 3.07. The van der Waals surface area contributed by atoms with Gasteiger partial charge in [-0.1, -0.05) is 6.07 Å². The summed E-state index contributed by atoms with van der Waals surface area (Å²) in [5.74, 6) is -5.77. The van der Waals surface area contributed by atoms with Crippen LogP contribution in [0.25, 0.3) is 10.9 Å². The quantitative estimate of drug-likeness (QED) is 0.318. The molecule has 3 aromatic carbocycles. The van der Waals surface area contributed by atoms with Crippen LogP contribution in [-0.4, -0.2) is 16.8 Å². The lowest BCUT2D eigenvalue weighted by Crippen LogP contribution is -2.20. The number of anilines is 2. The molecule has 5 nitrogen and oxygen atoms in total. The maximum Gasteiger partial charge on any atom is 0.323 e. The van der Waals surface area contributed by atoms with Gasteiger partial charge in [0, 0.05) is 40.7 Å². The third-order valence-electron chi connectivity index (χ3n) is 4.57. The molecule has 0 fully saturated rings. The van der Waals surface area contributed by atoms with Gasteiger partial charge in [-0.05, 0) is 42.5 Å². The summed E-state index contributed by atoms with van der Waals surface area (Å²) in [5, 5.41) is 5.10. The van der Waals surface area contributed by atoms with E-state index in [9.17, 15) is 27.2 Å². The number of nitrogens with zero attached hydrogens (tertiary/aromatic N) is 1. The normalized spacial score (nSPS) is 10.8. The highest BCUT2D eigenvalue weighted by molar-refractivity contribution is 6.11. The Hall–Kier alpha value is -4.27. The molecule has 1 heterocycles. The molecule has 160 valence electrons. The molecule has 2 N–H and O–H groups in total. The van der Waals surface area contributed by atoms with Gasteiger partial charge in [-0.25, -0.2) is 22.4 Å². The molecule has 4 aromatic rings. The van der Waals surface area contributed by atoms with Crippen molar-refractivity contribution in [1.29, 1.82) is 0 Å². The Balaban J connectivity index is 1.59. The van der Waals surface area contributed by atoms with Crippen molar-refractivity contribution < 1.29 is 27.2 Å². The number of benzene rings is 3. The summed E-state index contributed by atoms with van der Waals surface area (Å²) < 4.78 is 54.8. The van der Waals surface area contributed by atoms with E-state index in [1.54, 1.807) is 24.4 Å². The fourth-order valence-corrected chi connectivity index (χ4v) is 3.07. The van der Waals surface area contributed by atoms with Crippen LogP contribution in [0.4, 0.5) is 33.7 Å². The Labute approximate surface area is 178 Å². The van der Waals surface area contributed by atoms with Crippen molar-refractivity contribution in [2.45, 2.75) is 0 Å². The molecule has 0 bridgehead atoms. The van der Waals surface area contributed by atoms with Crippen molar-refractivity contribution in [3.63, 3.8) is 0 Å². The summed E-state index contributed by atoms with van der Waals surface area (Å²) >= 11 is 0. The minimum absolute atomic E-state index is 0.0648. The Morgan fingerprint density at radius 2 is 1.50 bits per heavy atom. The number of aromatic nitrogens is 1. The molecule has 0 aliphatic carbocycles. The second-order valence-corrected chi connectivity index (χ2v) is 6.77. The zero-order chi connectivity index (χ0) is 22.8. The van der Waals surface area contributed by atoms with E-state index in [2.05, 4.69) is 15.6 Å². The van der Waals surface area contributed by atoms with Gasteiger partial charge in [0.05, 0.1) is 11.1 Å². The third-order valence-corrected chi connectivity index (χ3v) is 4.57. The molecule has 4 rings (SSSR count). The van der Waals surface area contributed by atoms with Crippen LogP contribution in [0.2, 0.25) is 0 Å². The number of hydrogen-bond donors (Lipinski definition) is 2. The van der Waals surface area contributed by atoms with Crippen LogP contribution in [0, 0.1) is 23.3 Å². The molecule has 0 aliphatic heterocycles. The molecule has 0 atom stereocenters. The molecule has 1 aromatic heterocycles. The summed E-state index contributed by atoms with van der Waals surface area (Å²) in [4.78, 5) is 29.1. The summed E-state index contributed by atoms with van der Waals surface area (Å²) in [7, 11) is 0. The topological polar surface area (TPSA) is 71.1 Å². The Morgan fingerprint density at radius 1 is 0.750 bits per heavy atom. The van der Waals surface area contributed by atoms with E-state index in [-0.39, 0.29) is 16.9 Å². The van der Waals surface area contributed by atoms with Gasteiger partial charge in [0.25, 0.3) is 0 Å². The van der Waals surface area contributed by atoms with Crippen LogP contribution in [0.1, 0.15) is 15.9 Å². The van der Waals surface area contributed by atoms with Crippen molar-refractivity contribution in [3.05, 3.63) is 101 Å². The Kier molecular flexibility index (Phi) is 5.55. The van der Waals surface area contributed by atoms with Crippen molar-refractivity contribution in [1.82, 2.24) is 4.98 Å². The van der Waals surface area contributed by atoms with Crippen molar-refractivity contribution in [2.24, 2.45) is 0 Å². The SMILES string of the molecule is O=C(Nc1ccc(F)c(F)c1)Nc1cc(F)c(F)c(C(=O)c2ccc3ncccc3c2)c1. The molecule has 0 radical (unpaired) electrons. The molecule has 0 unspecified atom stereocenters. The van der Waals surface area contributed by atoms with Crippen LogP contribution in [0.5, 0.6) is 0 Å². The zero-order valence-corrected chi connectivity index (χ0v) is 16.1. The zero-order valence-electron chi connectivity index (χ0n) is 16.1. The van der Waals surface area contributed by atoms with E-state index in [4.69, 9.17) is 0 Å². The maximum absolute atomic E-state index is 14.4. The van der Waals surface area contributed by atoms with Crippen molar-refractivity contribution in [2.75, 3.05) is 10.6 Å². The monoisotopic (exact) mass is 439 g/mol. The maximum atomic E-state index is 14.4. The van der Waals surface area contributed by atoms with Crippen LogP contribution in [0.15, 0.2) is 66.9 Å². The second kappa shape index (κ2) is 8.46. The Morgan fingerprint density at radius 3 is 2.28 bits per heavy atom. The first-order valence-electron chi connectivity index (χ1n) is 9.23. The van der Waals surface area contributed by atoms with Crippen LogP contribution >= 0.6 is 0 Å². The summed E-state index contributed by atoms with van der Waals surface area (Å²) in [6, 6.07) is 11.3. The predicted molar refractivity (Wildman–Crippen MR) is 111 cm³/mol. The molecule has 2 amide bonds. The predicted octanol–water partition coefficient (Wildman–Crippen LogP) is 5.67. The van der Waals surface area contributed by atoms with Crippen LogP contribution in [-0.2, 0) is 0 Å². The summed E-state index contributed by atoms with van der Waals surface area (Å²) in [6.07, 6.45) is 1.58. The highest BCUT2D eigenvalue weighted by Crippen LogP contribution is 2.24. The Bertz CT molecular complexity index is 1370. The van der Waals surface area contributed by atoms with E-state index < -0.39 is 40.6 Å². The standard InChI is InChI=1S/C23H13F4N3O2/c24-17-5-4-14(10-18(17)25)29-23(32)30-15-9-16(21(27)19(26)11-15)22(31)13-3-6-20-12(8-13)2-1-7-28-20/h1-11H,(H2,29,30,32). The number of amides is 2. The van der Waals surface area contributed by atoms with E-state index in [1.807, 2.05) is 0 Å². The number of ketones is 1. The molecule has 9 heteroatoms. The van der Waals surface area contributed by atoms with Gasteiger partial charge in [-0.15, -0.1) is 0 Å². The fraction of sp³-hybridized carbons (Fsp3) is 0. The number of carbonyl (C=O) groups is 2. The number of nitrogens with one attached hydrogen (secondary N) is 2.